The molecule has 24 heavy (non-hydrogen) atoms. The van der Waals surface area contributed by atoms with E-state index in [1.54, 1.807) is 14.2 Å². The zero-order chi connectivity index (χ0) is 17.3. The van der Waals surface area contributed by atoms with Crippen LogP contribution in [0.4, 0.5) is 11.5 Å². The number of methoxy groups -OCH3 is 2. The van der Waals surface area contributed by atoms with Crippen LogP contribution in [0.3, 0.4) is 0 Å². The molecular weight excluding hydrogens is 438 g/mol. The van der Waals surface area contributed by atoms with Gasteiger partial charge in [0.2, 0.25) is 0 Å². The number of hydrogen-bond acceptors (Lipinski definition) is 5. The molecule has 3 aromatic rings. The highest BCUT2D eigenvalue weighted by Gasteiger charge is 2.13. The number of halogens is 2. The lowest BCUT2D eigenvalue weighted by atomic mass is 10.2. The first-order chi connectivity index (χ1) is 11.5. The van der Waals surface area contributed by atoms with Crippen molar-refractivity contribution in [3.63, 3.8) is 0 Å². The summed E-state index contributed by atoms with van der Waals surface area (Å²) in [5, 5.41) is 4.20. The zero-order valence-corrected chi connectivity index (χ0v) is 16.5. The number of rotatable bonds is 4. The number of nitrogens with one attached hydrogen (secondary N) is 1. The maximum Gasteiger partial charge on any atom is 0.162 e. The van der Waals surface area contributed by atoms with Crippen molar-refractivity contribution in [2.24, 2.45) is 0 Å². The summed E-state index contributed by atoms with van der Waals surface area (Å²) in [5.41, 5.74) is 2.82. The van der Waals surface area contributed by atoms with Crippen molar-refractivity contribution in [3.8, 4) is 11.5 Å². The summed E-state index contributed by atoms with van der Waals surface area (Å²) in [4.78, 5) is 8.69. The van der Waals surface area contributed by atoms with Gasteiger partial charge >= 0.3 is 0 Å². The lowest BCUT2D eigenvalue weighted by Gasteiger charge is -2.14. The van der Waals surface area contributed by atoms with Gasteiger partial charge in [0, 0.05) is 20.4 Å². The van der Waals surface area contributed by atoms with E-state index in [0.29, 0.717) is 17.3 Å². The van der Waals surface area contributed by atoms with Gasteiger partial charge < -0.3 is 14.8 Å². The van der Waals surface area contributed by atoms with Gasteiger partial charge in [0.05, 0.1) is 25.4 Å². The largest absolute Gasteiger partial charge is 0.493 e. The van der Waals surface area contributed by atoms with E-state index in [1.165, 1.54) is 6.33 Å². The highest BCUT2D eigenvalue weighted by molar-refractivity contribution is 9.11. The molecule has 0 spiro atoms. The molecule has 0 saturated heterocycles. The van der Waals surface area contributed by atoms with Crippen molar-refractivity contribution >= 4 is 54.3 Å². The quantitative estimate of drug-likeness (QED) is 0.587. The average Bonchev–Trinajstić information content (AvgIpc) is 2.56. The first-order valence-corrected chi connectivity index (χ1v) is 8.71. The molecule has 0 aliphatic carbocycles. The molecule has 5 nitrogen and oxygen atoms in total. The maximum absolute atomic E-state index is 5.39. The Hall–Kier alpha value is -1.86. The Morgan fingerprint density at radius 3 is 2.17 bits per heavy atom. The third-order valence-electron chi connectivity index (χ3n) is 3.57. The number of aromatic nitrogens is 2. The van der Waals surface area contributed by atoms with Crippen molar-refractivity contribution in [1.82, 2.24) is 9.97 Å². The SMILES string of the molecule is COc1cc2ncnc(Nc3c(Br)cc(C)cc3Br)c2cc1OC. The topological polar surface area (TPSA) is 56.3 Å². The van der Waals surface area contributed by atoms with Crippen LogP contribution in [-0.2, 0) is 0 Å². The van der Waals surface area contributed by atoms with Gasteiger partial charge in [0.15, 0.2) is 11.5 Å². The molecule has 3 rings (SSSR count). The lowest BCUT2D eigenvalue weighted by molar-refractivity contribution is 0.356. The Kier molecular flexibility index (Phi) is 4.91. The number of nitrogens with zero attached hydrogens (tertiary/aromatic N) is 2. The van der Waals surface area contributed by atoms with Crippen LogP contribution < -0.4 is 14.8 Å². The standard InChI is InChI=1S/C17H15Br2N3O2/c1-9-4-11(18)16(12(19)5-9)22-17-10-6-14(23-2)15(24-3)7-13(10)20-8-21-17/h4-8H,1-3H3,(H,20,21,22). The number of ether oxygens (including phenoxy) is 2. The van der Waals surface area contributed by atoms with Crippen molar-refractivity contribution in [1.29, 1.82) is 0 Å². The molecule has 1 heterocycles. The molecule has 0 saturated carbocycles. The van der Waals surface area contributed by atoms with Crippen LogP contribution in [0.1, 0.15) is 5.56 Å². The summed E-state index contributed by atoms with van der Waals surface area (Å²) < 4.78 is 12.6. The summed E-state index contributed by atoms with van der Waals surface area (Å²) in [6.45, 7) is 2.04. The Morgan fingerprint density at radius 2 is 1.54 bits per heavy atom. The van der Waals surface area contributed by atoms with Gasteiger partial charge in [-0.05, 0) is 62.5 Å². The maximum atomic E-state index is 5.39. The van der Waals surface area contributed by atoms with Gasteiger partial charge in [-0.1, -0.05) is 0 Å². The molecule has 2 aromatic carbocycles. The third kappa shape index (κ3) is 3.18. The summed E-state index contributed by atoms with van der Waals surface area (Å²) in [6, 6.07) is 7.78. The molecule has 0 aliphatic heterocycles. The number of aryl methyl sites for hydroxylation is 1. The van der Waals surface area contributed by atoms with Crippen LogP contribution in [0.15, 0.2) is 39.5 Å². The van der Waals surface area contributed by atoms with Gasteiger partial charge in [0.1, 0.15) is 12.1 Å². The van der Waals surface area contributed by atoms with Crippen molar-refractivity contribution in [2.45, 2.75) is 6.92 Å². The highest BCUT2D eigenvalue weighted by Crippen LogP contribution is 2.38. The van der Waals surface area contributed by atoms with Crippen LogP contribution in [-0.4, -0.2) is 24.2 Å². The molecule has 1 aromatic heterocycles. The predicted molar refractivity (Wildman–Crippen MR) is 103 cm³/mol. The number of benzene rings is 2. The molecule has 124 valence electrons. The summed E-state index contributed by atoms with van der Waals surface area (Å²) >= 11 is 7.18. The zero-order valence-electron chi connectivity index (χ0n) is 13.4. The van der Waals surface area contributed by atoms with Crippen LogP contribution in [0, 0.1) is 6.92 Å². The Labute approximate surface area is 156 Å². The highest BCUT2D eigenvalue weighted by atomic mass is 79.9. The van der Waals surface area contributed by atoms with Crippen molar-refractivity contribution < 1.29 is 9.47 Å². The van der Waals surface area contributed by atoms with Crippen molar-refractivity contribution in [2.75, 3.05) is 19.5 Å². The molecular formula is C17H15Br2N3O2. The van der Waals surface area contributed by atoms with E-state index in [1.807, 2.05) is 31.2 Å². The van der Waals surface area contributed by atoms with Gasteiger partial charge in [0.25, 0.3) is 0 Å². The van der Waals surface area contributed by atoms with E-state index in [9.17, 15) is 0 Å². The number of hydrogen-bond donors (Lipinski definition) is 1. The van der Waals surface area contributed by atoms with E-state index in [0.717, 1.165) is 31.1 Å². The molecule has 0 radical (unpaired) electrons. The Morgan fingerprint density at radius 1 is 0.917 bits per heavy atom. The Bertz CT molecular complexity index is 893. The fourth-order valence-electron chi connectivity index (χ4n) is 2.42. The molecule has 1 N–H and O–H groups in total. The smallest absolute Gasteiger partial charge is 0.162 e. The van der Waals surface area contributed by atoms with Crippen molar-refractivity contribution in [3.05, 3.63) is 45.1 Å². The second kappa shape index (κ2) is 6.94. The predicted octanol–water partition coefficient (Wildman–Crippen LogP) is 5.22. The van der Waals surface area contributed by atoms with E-state index in [-0.39, 0.29) is 0 Å². The molecule has 0 fully saturated rings. The lowest BCUT2D eigenvalue weighted by Crippen LogP contribution is -1.99. The second-order valence-electron chi connectivity index (χ2n) is 5.18. The van der Waals surface area contributed by atoms with Gasteiger partial charge in [-0.3, -0.25) is 0 Å². The van der Waals surface area contributed by atoms with Crippen LogP contribution in [0.25, 0.3) is 10.9 Å². The second-order valence-corrected chi connectivity index (χ2v) is 6.88. The normalized spacial score (nSPS) is 10.7. The molecule has 0 atom stereocenters. The van der Waals surface area contributed by atoms with Crippen LogP contribution in [0.2, 0.25) is 0 Å². The Balaban J connectivity index is 2.14. The van der Waals surface area contributed by atoms with E-state index in [4.69, 9.17) is 9.47 Å². The van der Waals surface area contributed by atoms with E-state index < -0.39 is 0 Å². The fraction of sp³-hybridized carbons (Fsp3) is 0.176. The third-order valence-corrected chi connectivity index (χ3v) is 4.82. The number of anilines is 2. The molecule has 0 unspecified atom stereocenters. The summed E-state index contributed by atoms with van der Waals surface area (Å²) in [5.74, 6) is 1.95. The average molecular weight is 453 g/mol. The minimum absolute atomic E-state index is 0.630. The minimum atomic E-state index is 0.630. The first-order valence-electron chi connectivity index (χ1n) is 7.13. The molecule has 0 aliphatic rings. The molecule has 0 bridgehead atoms. The van der Waals surface area contributed by atoms with Crippen LogP contribution >= 0.6 is 31.9 Å². The van der Waals surface area contributed by atoms with Crippen LogP contribution in [0.5, 0.6) is 11.5 Å². The van der Waals surface area contributed by atoms with Gasteiger partial charge in [-0.15, -0.1) is 0 Å². The van der Waals surface area contributed by atoms with Gasteiger partial charge in [-0.25, -0.2) is 9.97 Å². The van der Waals surface area contributed by atoms with E-state index in [2.05, 4.69) is 47.1 Å². The number of fused-ring (bicyclic) bond motifs is 1. The van der Waals surface area contributed by atoms with E-state index >= 15 is 0 Å². The molecule has 0 amide bonds. The fourth-order valence-corrected chi connectivity index (χ4v) is 4.03. The summed E-state index contributed by atoms with van der Waals surface area (Å²) in [6.07, 6.45) is 1.52. The first kappa shape index (κ1) is 17.0. The monoisotopic (exact) mass is 451 g/mol. The molecule has 7 heteroatoms. The van der Waals surface area contributed by atoms with Gasteiger partial charge in [-0.2, -0.15) is 0 Å². The summed E-state index contributed by atoms with van der Waals surface area (Å²) in [7, 11) is 3.21. The minimum Gasteiger partial charge on any atom is -0.493 e.